The van der Waals surface area contributed by atoms with Crippen molar-refractivity contribution in [2.45, 2.75) is 6.92 Å². The molecule has 0 radical (unpaired) electrons. The zero-order chi connectivity index (χ0) is 9.23. The van der Waals surface area contributed by atoms with Crippen LogP contribution in [0.4, 0.5) is 0 Å². The first-order valence-electron chi connectivity index (χ1n) is 3.86. The maximum absolute atomic E-state index is 9.94. The monoisotopic (exact) mass is 166 g/mol. The molecule has 1 aromatic rings. The number of aromatic nitrogens is 1. The van der Waals surface area contributed by atoms with E-state index in [-0.39, 0.29) is 0 Å². The zero-order valence-electron chi connectivity index (χ0n) is 7.45. The molecule has 0 aromatic carbocycles. The summed E-state index contributed by atoms with van der Waals surface area (Å²) < 4.78 is 0. The van der Waals surface area contributed by atoms with Crippen LogP contribution in [0.2, 0.25) is 0 Å². The first-order valence-corrected chi connectivity index (χ1v) is 3.86. The first kappa shape index (κ1) is 10.8. The van der Waals surface area contributed by atoms with Crippen LogP contribution in [-0.2, 0) is 0 Å². The number of carbonyl (C=O) groups excluding carboxylic acids is 1. The maximum Gasteiger partial charge on any atom is 0.168 e. The molecule has 1 rings (SSSR count). The normalized spacial score (nSPS) is 8.17. The van der Waals surface area contributed by atoms with Crippen LogP contribution in [0.15, 0.2) is 24.4 Å². The molecule has 0 spiro atoms. The second-order valence-electron chi connectivity index (χ2n) is 2.08. The number of nitrogens with zero attached hydrogens (tertiary/aromatic N) is 1. The lowest BCUT2D eigenvalue weighted by atomic mass is 10.4. The Labute approximate surface area is 72.8 Å². The van der Waals surface area contributed by atoms with Gasteiger partial charge in [-0.3, -0.25) is 9.78 Å². The third-order valence-corrected chi connectivity index (χ3v) is 1.16. The van der Waals surface area contributed by atoms with Crippen LogP contribution in [-0.4, -0.2) is 24.9 Å². The molecule has 1 heterocycles. The standard InChI is InChI=1S/C6H5NO.C3H9N/c8-5-6-3-1-2-4-7-6;1-3-4-2/h1-5H;4H,3H2,1-2H3. The van der Waals surface area contributed by atoms with Gasteiger partial charge in [0.05, 0.1) is 0 Å². The summed E-state index contributed by atoms with van der Waals surface area (Å²) in [6.07, 6.45) is 2.31. The lowest BCUT2D eigenvalue weighted by Gasteiger charge is -1.81. The minimum Gasteiger partial charge on any atom is -0.320 e. The van der Waals surface area contributed by atoms with Gasteiger partial charge in [0.2, 0.25) is 0 Å². The molecule has 0 fully saturated rings. The molecule has 0 bridgehead atoms. The summed E-state index contributed by atoms with van der Waals surface area (Å²) in [4.78, 5) is 13.7. The van der Waals surface area contributed by atoms with Crippen molar-refractivity contribution in [3.8, 4) is 0 Å². The largest absolute Gasteiger partial charge is 0.320 e. The summed E-state index contributed by atoms with van der Waals surface area (Å²) >= 11 is 0. The SMILES string of the molecule is CCNC.O=Cc1ccccn1. The van der Waals surface area contributed by atoms with Gasteiger partial charge in [-0.1, -0.05) is 13.0 Å². The Kier molecular flexibility index (Phi) is 7.08. The molecule has 12 heavy (non-hydrogen) atoms. The van der Waals surface area contributed by atoms with Gasteiger partial charge >= 0.3 is 0 Å². The van der Waals surface area contributed by atoms with Crippen LogP contribution in [0.5, 0.6) is 0 Å². The van der Waals surface area contributed by atoms with Crippen LogP contribution in [0.25, 0.3) is 0 Å². The topological polar surface area (TPSA) is 42.0 Å². The van der Waals surface area contributed by atoms with E-state index in [2.05, 4.69) is 17.2 Å². The van der Waals surface area contributed by atoms with Crippen molar-refractivity contribution in [1.82, 2.24) is 10.3 Å². The first-order chi connectivity index (χ1) is 5.85. The fraction of sp³-hybridized carbons (Fsp3) is 0.333. The predicted molar refractivity (Wildman–Crippen MR) is 49.2 cm³/mol. The highest BCUT2D eigenvalue weighted by atomic mass is 16.1. The second-order valence-corrected chi connectivity index (χ2v) is 2.08. The summed E-state index contributed by atoms with van der Waals surface area (Å²) in [5.41, 5.74) is 0.479. The molecule has 0 aliphatic rings. The molecule has 0 unspecified atom stereocenters. The van der Waals surface area contributed by atoms with Gasteiger partial charge in [-0.05, 0) is 25.7 Å². The molecular weight excluding hydrogens is 152 g/mol. The van der Waals surface area contributed by atoms with Crippen molar-refractivity contribution in [2.75, 3.05) is 13.6 Å². The molecule has 0 saturated carbocycles. The van der Waals surface area contributed by atoms with Gasteiger partial charge in [0.25, 0.3) is 0 Å². The lowest BCUT2D eigenvalue weighted by Crippen LogP contribution is -2.01. The number of hydrogen-bond acceptors (Lipinski definition) is 3. The molecule has 0 saturated heterocycles. The average Bonchev–Trinajstić information content (AvgIpc) is 2.19. The van der Waals surface area contributed by atoms with E-state index >= 15 is 0 Å². The third-order valence-electron chi connectivity index (χ3n) is 1.16. The number of aldehydes is 1. The Balaban J connectivity index is 0.000000261. The van der Waals surface area contributed by atoms with E-state index in [1.807, 2.05) is 7.05 Å². The van der Waals surface area contributed by atoms with E-state index in [1.165, 1.54) is 0 Å². The summed E-state index contributed by atoms with van der Waals surface area (Å²) in [5, 5.41) is 2.93. The van der Waals surface area contributed by atoms with Crippen LogP contribution in [0.1, 0.15) is 17.4 Å². The minimum atomic E-state index is 0.479. The van der Waals surface area contributed by atoms with Crippen LogP contribution in [0, 0.1) is 0 Å². The minimum absolute atomic E-state index is 0.479. The lowest BCUT2D eigenvalue weighted by molar-refractivity contribution is 0.111. The van der Waals surface area contributed by atoms with E-state index in [0.717, 1.165) is 12.8 Å². The van der Waals surface area contributed by atoms with Gasteiger partial charge < -0.3 is 5.32 Å². The van der Waals surface area contributed by atoms with Crippen LogP contribution < -0.4 is 5.32 Å². The Bertz CT molecular complexity index is 197. The summed E-state index contributed by atoms with van der Waals surface area (Å²) in [6, 6.07) is 5.21. The highest BCUT2D eigenvalue weighted by molar-refractivity contribution is 5.71. The summed E-state index contributed by atoms with van der Waals surface area (Å²) in [6.45, 7) is 3.14. The van der Waals surface area contributed by atoms with Gasteiger partial charge in [0.1, 0.15) is 5.69 Å². The Morgan fingerprint density at radius 2 is 2.25 bits per heavy atom. The van der Waals surface area contributed by atoms with Gasteiger partial charge in [-0.15, -0.1) is 0 Å². The van der Waals surface area contributed by atoms with E-state index in [1.54, 1.807) is 24.4 Å². The number of carbonyl (C=O) groups is 1. The third kappa shape index (κ3) is 5.56. The molecule has 3 heteroatoms. The molecule has 0 amide bonds. The van der Waals surface area contributed by atoms with Crippen LogP contribution in [0.3, 0.4) is 0 Å². The van der Waals surface area contributed by atoms with Gasteiger partial charge in [0, 0.05) is 6.20 Å². The van der Waals surface area contributed by atoms with Crippen molar-refractivity contribution in [3.05, 3.63) is 30.1 Å². The highest BCUT2D eigenvalue weighted by Gasteiger charge is 1.81. The molecule has 1 N–H and O–H groups in total. The predicted octanol–water partition coefficient (Wildman–Crippen LogP) is 1.12. The zero-order valence-corrected chi connectivity index (χ0v) is 7.45. The number of rotatable bonds is 2. The average molecular weight is 166 g/mol. The smallest absolute Gasteiger partial charge is 0.168 e. The molecule has 0 atom stereocenters. The van der Waals surface area contributed by atoms with E-state index in [9.17, 15) is 4.79 Å². The fourth-order valence-electron chi connectivity index (χ4n) is 0.446. The summed E-state index contributed by atoms with van der Waals surface area (Å²) in [7, 11) is 1.93. The number of hydrogen-bond donors (Lipinski definition) is 1. The van der Waals surface area contributed by atoms with Crippen LogP contribution >= 0.6 is 0 Å². The van der Waals surface area contributed by atoms with Crippen molar-refractivity contribution in [3.63, 3.8) is 0 Å². The maximum atomic E-state index is 9.94. The second kappa shape index (κ2) is 7.88. The number of nitrogens with one attached hydrogen (secondary N) is 1. The molecular formula is C9H14N2O. The van der Waals surface area contributed by atoms with E-state index in [4.69, 9.17) is 0 Å². The number of pyridine rings is 1. The molecule has 1 aromatic heterocycles. The van der Waals surface area contributed by atoms with Gasteiger partial charge in [0.15, 0.2) is 6.29 Å². The van der Waals surface area contributed by atoms with E-state index in [0.29, 0.717) is 5.69 Å². The Morgan fingerprint density at radius 1 is 1.58 bits per heavy atom. The fourth-order valence-corrected chi connectivity index (χ4v) is 0.446. The molecule has 66 valence electrons. The highest BCUT2D eigenvalue weighted by Crippen LogP contribution is 1.85. The Morgan fingerprint density at radius 3 is 2.50 bits per heavy atom. The summed E-state index contributed by atoms with van der Waals surface area (Å²) in [5.74, 6) is 0. The van der Waals surface area contributed by atoms with Gasteiger partial charge in [-0.25, -0.2) is 0 Å². The van der Waals surface area contributed by atoms with Gasteiger partial charge in [-0.2, -0.15) is 0 Å². The van der Waals surface area contributed by atoms with E-state index < -0.39 is 0 Å². The van der Waals surface area contributed by atoms with Crippen molar-refractivity contribution in [2.24, 2.45) is 0 Å². The van der Waals surface area contributed by atoms with Crippen molar-refractivity contribution in [1.29, 1.82) is 0 Å². The van der Waals surface area contributed by atoms with Crippen molar-refractivity contribution >= 4 is 6.29 Å². The Hall–Kier alpha value is -1.22. The quantitative estimate of drug-likeness (QED) is 0.669. The van der Waals surface area contributed by atoms with Crippen molar-refractivity contribution < 1.29 is 4.79 Å². The molecule has 0 aliphatic heterocycles. The molecule has 3 nitrogen and oxygen atoms in total. The molecule has 0 aliphatic carbocycles.